The van der Waals surface area contributed by atoms with Gasteiger partial charge < -0.3 is 9.47 Å². The van der Waals surface area contributed by atoms with Crippen molar-refractivity contribution in [1.82, 2.24) is 19.8 Å². The molecule has 0 saturated carbocycles. The predicted octanol–water partition coefficient (Wildman–Crippen LogP) is 6.88. The third kappa shape index (κ3) is 8.25. The van der Waals surface area contributed by atoms with Crippen molar-refractivity contribution < 1.29 is 19.1 Å². The molecule has 0 aliphatic rings. The Morgan fingerprint density at radius 3 is 1.05 bits per heavy atom. The van der Waals surface area contributed by atoms with Gasteiger partial charge in [-0.15, -0.1) is 0 Å². The van der Waals surface area contributed by atoms with E-state index in [1.165, 1.54) is 12.4 Å². The monoisotopic (exact) mass is 558 g/mol. The van der Waals surface area contributed by atoms with Gasteiger partial charge >= 0.3 is 12.2 Å². The van der Waals surface area contributed by atoms with E-state index in [9.17, 15) is 9.59 Å². The molecule has 2 amide bonds. The zero-order chi connectivity index (χ0) is 29.0. The topological polar surface area (TPSA) is 84.9 Å². The Bertz CT molecular complexity index is 1370. The highest BCUT2D eigenvalue weighted by atomic mass is 16.6. The van der Waals surface area contributed by atoms with Gasteiger partial charge in [-0.3, -0.25) is 9.80 Å². The second-order valence-electron chi connectivity index (χ2n) is 9.58. The highest BCUT2D eigenvalue weighted by Crippen LogP contribution is 2.19. The van der Waals surface area contributed by atoms with E-state index in [2.05, 4.69) is 9.97 Å². The van der Waals surface area contributed by atoms with Crippen LogP contribution >= 0.6 is 0 Å². The van der Waals surface area contributed by atoms with Crippen LogP contribution < -0.4 is 9.47 Å². The number of benzene rings is 4. The summed E-state index contributed by atoms with van der Waals surface area (Å²) in [6, 6.07) is 40.0. The van der Waals surface area contributed by atoms with Crippen LogP contribution in [0, 0.1) is 0 Å². The first-order valence-electron chi connectivity index (χ1n) is 13.5. The van der Waals surface area contributed by atoms with E-state index in [4.69, 9.17) is 9.47 Å². The summed E-state index contributed by atoms with van der Waals surface area (Å²) in [7, 11) is 0. The van der Waals surface area contributed by atoms with Crippen molar-refractivity contribution in [3.63, 3.8) is 0 Å². The van der Waals surface area contributed by atoms with Crippen molar-refractivity contribution in [2.24, 2.45) is 0 Å². The van der Waals surface area contributed by atoms with E-state index >= 15 is 0 Å². The molecule has 210 valence electrons. The molecule has 0 N–H and O–H groups in total. The van der Waals surface area contributed by atoms with Crippen molar-refractivity contribution in [2.75, 3.05) is 0 Å². The Hall–Kier alpha value is -5.50. The third-order valence-electron chi connectivity index (χ3n) is 6.38. The van der Waals surface area contributed by atoms with Gasteiger partial charge in [-0.05, 0) is 22.3 Å². The van der Waals surface area contributed by atoms with Crippen molar-refractivity contribution in [3.05, 3.63) is 156 Å². The number of nitrogens with zero attached hydrogens (tertiary/aromatic N) is 4. The number of carbonyl (C=O) groups is 2. The number of hydrogen-bond donors (Lipinski definition) is 0. The van der Waals surface area contributed by atoms with Gasteiger partial charge in [0.2, 0.25) is 11.8 Å². The van der Waals surface area contributed by atoms with Gasteiger partial charge in [0.1, 0.15) is 6.33 Å². The van der Waals surface area contributed by atoms with Crippen LogP contribution in [0.25, 0.3) is 0 Å². The summed E-state index contributed by atoms with van der Waals surface area (Å²) in [6.45, 7) is 1.37. The van der Waals surface area contributed by atoms with Crippen LogP contribution in [0.2, 0.25) is 0 Å². The third-order valence-corrected chi connectivity index (χ3v) is 6.38. The van der Waals surface area contributed by atoms with Crippen molar-refractivity contribution in [1.29, 1.82) is 0 Å². The van der Waals surface area contributed by atoms with Crippen LogP contribution in [0.4, 0.5) is 9.59 Å². The SMILES string of the molecule is O=C(Oc1cc(OC(=O)N(Cc2ccccc2)Cc2ccccc2)ncn1)N(Cc1ccccc1)Cc1ccccc1. The number of rotatable bonds is 10. The van der Waals surface area contributed by atoms with E-state index in [-0.39, 0.29) is 11.8 Å². The molecule has 1 aromatic heterocycles. The summed E-state index contributed by atoms with van der Waals surface area (Å²) >= 11 is 0. The van der Waals surface area contributed by atoms with Crippen molar-refractivity contribution >= 4 is 12.2 Å². The zero-order valence-corrected chi connectivity index (χ0v) is 23.0. The van der Waals surface area contributed by atoms with Gasteiger partial charge in [-0.25, -0.2) is 19.6 Å². The lowest BCUT2D eigenvalue weighted by Gasteiger charge is -2.23. The summed E-state index contributed by atoms with van der Waals surface area (Å²) in [5.41, 5.74) is 3.83. The van der Waals surface area contributed by atoms with E-state index < -0.39 is 12.2 Å². The van der Waals surface area contributed by atoms with Gasteiger partial charge in [0.15, 0.2) is 0 Å². The molecule has 0 spiro atoms. The van der Waals surface area contributed by atoms with Gasteiger partial charge in [0, 0.05) is 26.2 Å². The first-order valence-corrected chi connectivity index (χ1v) is 13.5. The average molecular weight is 559 g/mol. The normalized spacial score (nSPS) is 10.5. The maximum Gasteiger partial charge on any atom is 0.417 e. The zero-order valence-electron chi connectivity index (χ0n) is 23.0. The van der Waals surface area contributed by atoms with Gasteiger partial charge in [0.05, 0.1) is 6.07 Å². The minimum Gasteiger partial charge on any atom is -0.391 e. The molecule has 0 unspecified atom stereocenters. The molecule has 0 saturated heterocycles. The minimum atomic E-state index is -0.589. The molecule has 0 aliphatic heterocycles. The second kappa shape index (κ2) is 14.2. The summed E-state index contributed by atoms with van der Waals surface area (Å²) in [6.07, 6.45) is 0.0183. The van der Waals surface area contributed by atoms with Crippen LogP contribution in [0.15, 0.2) is 134 Å². The lowest BCUT2D eigenvalue weighted by atomic mass is 10.2. The van der Waals surface area contributed by atoms with Gasteiger partial charge in [-0.1, -0.05) is 121 Å². The Kier molecular flexibility index (Phi) is 9.50. The molecule has 5 aromatic rings. The van der Waals surface area contributed by atoms with E-state index in [1.807, 2.05) is 121 Å². The fourth-order valence-electron chi connectivity index (χ4n) is 4.33. The van der Waals surface area contributed by atoms with Crippen LogP contribution in [0.5, 0.6) is 11.8 Å². The summed E-state index contributed by atoms with van der Waals surface area (Å²) in [5, 5.41) is 0. The molecule has 0 radical (unpaired) electrons. The molecule has 8 heteroatoms. The number of ether oxygens (including phenoxy) is 2. The Morgan fingerprint density at radius 2 is 0.762 bits per heavy atom. The largest absolute Gasteiger partial charge is 0.417 e. The smallest absolute Gasteiger partial charge is 0.391 e. The number of carbonyl (C=O) groups excluding carboxylic acids is 2. The predicted molar refractivity (Wildman–Crippen MR) is 158 cm³/mol. The number of aromatic nitrogens is 2. The summed E-state index contributed by atoms with van der Waals surface area (Å²) in [4.78, 5) is 37.9. The second-order valence-corrected chi connectivity index (χ2v) is 9.58. The van der Waals surface area contributed by atoms with Crippen molar-refractivity contribution in [3.8, 4) is 11.8 Å². The standard InChI is InChI=1S/C34H30N4O4/c39-33(37(22-27-13-5-1-6-14-27)23-28-15-7-2-8-16-28)41-31-21-32(36-26-35-31)42-34(40)38(24-29-17-9-3-10-18-29)25-30-19-11-4-12-20-30/h1-21,26H,22-25H2. The van der Waals surface area contributed by atoms with Crippen LogP contribution in [-0.4, -0.2) is 32.0 Å². The summed E-state index contributed by atoms with van der Waals surface area (Å²) < 4.78 is 11.3. The highest BCUT2D eigenvalue weighted by Gasteiger charge is 2.21. The molecule has 0 fully saturated rings. The molecule has 8 nitrogen and oxygen atoms in total. The number of hydrogen-bond acceptors (Lipinski definition) is 6. The van der Waals surface area contributed by atoms with Crippen molar-refractivity contribution in [2.45, 2.75) is 26.2 Å². The van der Waals surface area contributed by atoms with Gasteiger partial charge in [0.25, 0.3) is 0 Å². The quantitative estimate of drug-likeness (QED) is 0.186. The molecule has 0 aliphatic carbocycles. The highest BCUT2D eigenvalue weighted by molar-refractivity contribution is 5.71. The lowest BCUT2D eigenvalue weighted by molar-refractivity contribution is 0.142. The maximum atomic E-state index is 13.3. The van der Waals surface area contributed by atoms with E-state index in [1.54, 1.807) is 9.80 Å². The Labute approximate surface area is 244 Å². The van der Waals surface area contributed by atoms with E-state index in [0.717, 1.165) is 22.3 Å². The van der Waals surface area contributed by atoms with Gasteiger partial charge in [-0.2, -0.15) is 0 Å². The Balaban J connectivity index is 1.29. The average Bonchev–Trinajstić information content (AvgIpc) is 3.02. The van der Waals surface area contributed by atoms with Crippen LogP contribution in [0.3, 0.4) is 0 Å². The Morgan fingerprint density at radius 1 is 0.476 bits per heavy atom. The fourth-order valence-corrected chi connectivity index (χ4v) is 4.33. The minimum absolute atomic E-state index is 0.0263. The molecular formula is C34H30N4O4. The molecular weight excluding hydrogens is 528 g/mol. The molecule has 42 heavy (non-hydrogen) atoms. The fraction of sp³-hybridized carbons (Fsp3) is 0.118. The molecule has 4 aromatic carbocycles. The van der Waals surface area contributed by atoms with Crippen LogP contribution in [-0.2, 0) is 26.2 Å². The summed E-state index contributed by atoms with van der Waals surface area (Å²) in [5.74, 6) is -0.0526. The molecule has 0 bridgehead atoms. The molecule has 0 atom stereocenters. The molecule has 5 rings (SSSR count). The van der Waals surface area contributed by atoms with E-state index in [0.29, 0.717) is 26.2 Å². The molecule has 1 heterocycles. The first-order chi connectivity index (χ1) is 20.6. The first kappa shape index (κ1) is 28.0. The number of amides is 2. The van der Waals surface area contributed by atoms with Crippen LogP contribution in [0.1, 0.15) is 22.3 Å². The lowest BCUT2D eigenvalue weighted by Crippen LogP contribution is -2.33. The maximum absolute atomic E-state index is 13.3.